The Morgan fingerprint density at radius 3 is 2.73 bits per heavy atom. The Morgan fingerprint density at radius 2 is 2.07 bits per heavy atom. The summed E-state index contributed by atoms with van der Waals surface area (Å²) >= 11 is 2.26. The Hall–Kier alpha value is -0.950. The molecule has 1 heterocycles. The largest absolute Gasteiger partial charge is 0.334 e. The summed E-state index contributed by atoms with van der Waals surface area (Å²) in [6, 6.07) is 7.96. The van der Waals surface area contributed by atoms with Crippen molar-refractivity contribution < 1.29 is 4.52 Å². The highest BCUT2D eigenvalue weighted by Gasteiger charge is 2.07. The van der Waals surface area contributed by atoms with E-state index < -0.39 is 0 Å². The van der Waals surface area contributed by atoms with Gasteiger partial charge in [-0.2, -0.15) is 4.98 Å². The molecule has 0 saturated carbocycles. The van der Waals surface area contributed by atoms with Crippen LogP contribution in [0.2, 0.25) is 0 Å². The highest BCUT2D eigenvalue weighted by Crippen LogP contribution is 2.18. The standard InChI is InChI=1S/C10H10IN3O/c1-12-6-9-13-10(15-14-9)7-2-4-8(11)5-3-7/h2-5,12H,6H2,1H3. The number of nitrogens with zero attached hydrogens (tertiary/aromatic N) is 2. The van der Waals surface area contributed by atoms with Crippen molar-refractivity contribution >= 4 is 22.6 Å². The molecular formula is C10H10IN3O. The molecule has 2 aromatic rings. The van der Waals surface area contributed by atoms with Gasteiger partial charge in [0.15, 0.2) is 5.82 Å². The fraction of sp³-hybridized carbons (Fsp3) is 0.200. The molecular weight excluding hydrogens is 305 g/mol. The predicted molar refractivity (Wildman–Crippen MR) is 65.2 cm³/mol. The van der Waals surface area contributed by atoms with Gasteiger partial charge in [0.05, 0.1) is 6.54 Å². The van der Waals surface area contributed by atoms with Crippen molar-refractivity contribution in [1.82, 2.24) is 15.5 Å². The molecule has 4 nitrogen and oxygen atoms in total. The van der Waals surface area contributed by atoms with E-state index in [1.165, 1.54) is 3.57 Å². The first-order chi connectivity index (χ1) is 7.29. The molecule has 0 atom stereocenters. The number of benzene rings is 1. The number of hydrogen-bond donors (Lipinski definition) is 1. The maximum Gasteiger partial charge on any atom is 0.257 e. The van der Waals surface area contributed by atoms with Crippen LogP contribution in [0.3, 0.4) is 0 Å². The molecule has 0 spiro atoms. The van der Waals surface area contributed by atoms with Crippen LogP contribution >= 0.6 is 22.6 Å². The van der Waals surface area contributed by atoms with Crippen molar-refractivity contribution in [2.24, 2.45) is 0 Å². The van der Waals surface area contributed by atoms with Crippen LogP contribution in [0, 0.1) is 3.57 Å². The van der Waals surface area contributed by atoms with Crippen molar-refractivity contribution in [2.75, 3.05) is 7.05 Å². The highest BCUT2D eigenvalue weighted by molar-refractivity contribution is 14.1. The van der Waals surface area contributed by atoms with Crippen LogP contribution in [0.1, 0.15) is 5.82 Å². The number of rotatable bonds is 3. The highest BCUT2D eigenvalue weighted by atomic mass is 127. The van der Waals surface area contributed by atoms with Gasteiger partial charge < -0.3 is 9.84 Å². The summed E-state index contributed by atoms with van der Waals surface area (Å²) in [5, 5.41) is 6.83. The van der Waals surface area contributed by atoms with Gasteiger partial charge in [-0.25, -0.2) is 0 Å². The fourth-order valence-corrected chi connectivity index (χ4v) is 1.55. The Bertz CT molecular complexity index is 438. The van der Waals surface area contributed by atoms with E-state index in [9.17, 15) is 0 Å². The third kappa shape index (κ3) is 2.54. The van der Waals surface area contributed by atoms with Crippen molar-refractivity contribution in [3.63, 3.8) is 0 Å². The second-order valence-electron chi connectivity index (χ2n) is 3.05. The molecule has 0 fully saturated rings. The molecule has 0 aliphatic carbocycles. The molecule has 0 saturated heterocycles. The lowest BCUT2D eigenvalue weighted by Gasteiger charge is -1.93. The SMILES string of the molecule is CNCc1noc(-c2ccc(I)cc2)n1. The predicted octanol–water partition coefficient (Wildman–Crippen LogP) is 2.06. The van der Waals surface area contributed by atoms with Crippen molar-refractivity contribution in [2.45, 2.75) is 6.54 Å². The summed E-state index contributed by atoms with van der Waals surface area (Å²) in [7, 11) is 1.85. The number of halogens is 1. The molecule has 15 heavy (non-hydrogen) atoms. The molecule has 0 amide bonds. The average molecular weight is 315 g/mol. The number of nitrogens with one attached hydrogen (secondary N) is 1. The van der Waals surface area contributed by atoms with E-state index in [4.69, 9.17) is 4.52 Å². The van der Waals surface area contributed by atoms with Gasteiger partial charge in [-0.05, 0) is 53.9 Å². The first-order valence-corrected chi connectivity index (χ1v) is 5.60. The van der Waals surface area contributed by atoms with E-state index in [0.717, 1.165) is 5.56 Å². The van der Waals surface area contributed by atoms with E-state index in [-0.39, 0.29) is 0 Å². The van der Waals surface area contributed by atoms with Crippen LogP contribution in [0.25, 0.3) is 11.5 Å². The molecule has 78 valence electrons. The number of hydrogen-bond acceptors (Lipinski definition) is 4. The summed E-state index contributed by atoms with van der Waals surface area (Å²) in [4.78, 5) is 4.26. The minimum atomic E-state index is 0.566. The lowest BCUT2D eigenvalue weighted by Crippen LogP contribution is -2.06. The van der Waals surface area contributed by atoms with Gasteiger partial charge in [0.2, 0.25) is 0 Å². The van der Waals surface area contributed by atoms with Gasteiger partial charge in [0.25, 0.3) is 5.89 Å². The molecule has 0 aliphatic heterocycles. The van der Waals surface area contributed by atoms with Gasteiger partial charge in [0.1, 0.15) is 0 Å². The number of aromatic nitrogens is 2. The first kappa shape index (κ1) is 10.6. The maximum absolute atomic E-state index is 5.14. The Balaban J connectivity index is 2.25. The van der Waals surface area contributed by atoms with Crippen molar-refractivity contribution in [3.05, 3.63) is 33.7 Å². The van der Waals surface area contributed by atoms with Crippen LogP contribution in [0.4, 0.5) is 0 Å². The molecule has 1 aromatic carbocycles. The van der Waals surface area contributed by atoms with E-state index in [0.29, 0.717) is 18.3 Å². The van der Waals surface area contributed by atoms with Crippen molar-refractivity contribution in [3.8, 4) is 11.5 Å². The third-order valence-corrected chi connectivity index (χ3v) is 2.61. The molecule has 0 bridgehead atoms. The van der Waals surface area contributed by atoms with Crippen LogP contribution in [0.5, 0.6) is 0 Å². The second-order valence-corrected chi connectivity index (χ2v) is 4.30. The summed E-state index contributed by atoms with van der Waals surface area (Å²) in [6.07, 6.45) is 0. The van der Waals surface area contributed by atoms with Gasteiger partial charge >= 0.3 is 0 Å². The Kier molecular flexibility index (Phi) is 3.32. The van der Waals surface area contributed by atoms with Crippen LogP contribution in [-0.2, 0) is 6.54 Å². The van der Waals surface area contributed by atoms with Gasteiger partial charge in [0, 0.05) is 9.13 Å². The molecule has 0 aliphatic rings. The van der Waals surface area contributed by atoms with Crippen LogP contribution in [0.15, 0.2) is 28.8 Å². The van der Waals surface area contributed by atoms with E-state index in [2.05, 4.69) is 38.0 Å². The molecule has 5 heteroatoms. The summed E-state index contributed by atoms with van der Waals surface area (Å²) in [6.45, 7) is 0.619. The van der Waals surface area contributed by atoms with Crippen LogP contribution < -0.4 is 5.32 Å². The van der Waals surface area contributed by atoms with Gasteiger partial charge in [-0.1, -0.05) is 5.16 Å². The molecule has 1 aromatic heterocycles. The summed E-state index contributed by atoms with van der Waals surface area (Å²) in [5.41, 5.74) is 0.949. The fourth-order valence-electron chi connectivity index (χ4n) is 1.19. The third-order valence-electron chi connectivity index (χ3n) is 1.89. The minimum absolute atomic E-state index is 0.566. The smallest absolute Gasteiger partial charge is 0.257 e. The Labute approximate surface area is 101 Å². The van der Waals surface area contributed by atoms with E-state index in [1.54, 1.807) is 0 Å². The lowest BCUT2D eigenvalue weighted by molar-refractivity contribution is 0.420. The van der Waals surface area contributed by atoms with E-state index in [1.807, 2.05) is 31.3 Å². The summed E-state index contributed by atoms with van der Waals surface area (Å²) in [5.74, 6) is 1.24. The van der Waals surface area contributed by atoms with Gasteiger partial charge in [-0.15, -0.1) is 0 Å². The lowest BCUT2D eigenvalue weighted by atomic mass is 10.2. The van der Waals surface area contributed by atoms with Crippen LogP contribution in [-0.4, -0.2) is 17.2 Å². The van der Waals surface area contributed by atoms with Crippen molar-refractivity contribution in [1.29, 1.82) is 0 Å². The van der Waals surface area contributed by atoms with E-state index >= 15 is 0 Å². The minimum Gasteiger partial charge on any atom is -0.334 e. The zero-order valence-corrected chi connectivity index (χ0v) is 10.4. The topological polar surface area (TPSA) is 51.0 Å². The molecule has 0 unspecified atom stereocenters. The molecule has 0 radical (unpaired) electrons. The normalized spacial score (nSPS) is 10.5. The zero-order valence-electron chi connectivity index (χ0n) is 8.20. The zero-order chi connectivity index (χ0) is 10.7. The average Bonchev–Trinajstić information content (AvgIpc) is 2.68. The quantitative estimate of drug-likeness (QED) is 0.881. The Morgan fingerprint density at radius 1 is 1.33 bits per heavy atom. The summed E-state index contributed by atoms with van der Waals surface area (Å²) < 4.78 is 6.33. The molecule has 2 rings (SSSR count). The van der Waals surface area contributed by atoms with Gasteiger partial charge in [-0.3, -0.25) is 0 Å². The second kappa shape index (κ2) is 4.71. The monoisotopic (exact) mass is 315 g/mol. The maximum atomic E-state index is 5.14. The molecule has 1 N–H and O–H groups in total. The first-order valence-electron chi connectivity index (χ1n) is 4.52.